The van der Waals surface area contributed by atoms with Crippen LogP contribution in [0.2, 0.25) is 0 Å². The summed E-state index contributed by atoms with van der Waals surface area (Å²) in [5.41, 5.74) is 2.41. The topological polar surface area (TPSA) is 77.7 Å². The third-order valence-electron chi connectivity index (χ3n) is 4.68. The molecule has 29 heavy (non-hydrogen) atoms. The van der Waals surface area contributed by atoms with Crippen LogP contribution in [0.5, 0.6) is 0 Å². The molecule has 9 heteroatoms. The summed E-state index contributed by atoms with van der Waals surface area (Å²) in [6.45, 7) is 2.62. The fourth-order valence-electron chi connectivity index (χ4n) is 3.16. The summed E-state index contributed by atoms with van der Waals surface area (Å²) in [7, 11) is -3.57. The van der Waals surface area contributed by atoms with Crippen LogP contribution in [-0.2, 0) is 16.4 Å². The van der Waals surface area contributed by atoms with Crippen molar-refractivity contribution in [3.05, 3.63) is 60.6 Å². The lowest BCUT2D eigenvalue weighted by Crippen LogP contribution is -1.99. The second kappa shape index (κ2) is 7.00. The van der Waals surface area contributed by atoms with Crippen molar-refractivity contribution in [1.82, 2.24) is 19.7 Å². The molecular formula is C20H16F2N4O2S. The van der Waals surface area contributed by atoms with Crippen LogP contribution in [0.3, 0.4) is 0 Å². The van der Waals surface area contributed by atoms with Crippen LogP contribution < -0.4 is 0 Å². The van der Waals surface area contributed by atoms with Gasteiger partial charge in [0.15, 0.2) is 15.5 Å². The Morgan fingerprint density at radius 3 is 2.48 bits per heavy atom. The van der Waals surface area contributed by atoms with E-state index in [-0.39, 0.29) is 16.0 Å². The van der Waals surface area contributed by atoms with Crippen molar-refractivity contribution in [1.29, 1.82) is 0 Å². The first kappa shape index (κ1) is 19.1. The van der Waals surface area contributed by atoms with E-state index in [1.807, 2.05) is 11.5 Å². The van der Waals surface area contributed by atoms with Crippen molar-refractivity contribution in [2.24, 2.45) is 0 Å². The Kier molecular flexibility index (Phi) is 4.62. The van der Waals surface area contributed by atoms with Gasteiger partial charge >= 0.3 is 0 Å². The zero-order valence-corrected chi connectivity index (χ0v) is 16.4. The van der Waals surface area contributed by atoms with E-state index in [1.54, 1.807) is 12.4 Å². The molecule has 0 atom stereocenters. The molecule has 148 valence electrons. The highest BCUT2D eigenvalue weighted by Crippen LogP contribution is 2.33. The maximum atomic E-state index is 14.6. The number of imidazole rings is 1. The van der Waals surface area contributed by atoms with Crippen LogP contribution in [0.15, 0.2) is 53.8 Å². The number of halogens is 2. The highest BCUT2D eigenvalue weighted by Gasteiger charge is 2.17. The van der Waals surface area contributed by atoms with Gasteiger partial charge in [-0.1, -0.05) is 12.1 Å². The van der Waals surface area contributed by atoms with Crippen molar-refractivity contribution in [2.45, 2.75) is 18.4 Å². The molecule has 0 unspecified atom stereocenters. The van der Waals surface area contributed by atoms with Gasteiger partial charge in [0, 0.05) is 29.5 Å². The second-order valence-corrected chi connectivity index (χ2v) is 8.59. The Hall–Kier alpha value is -3.20. The van der Waals surface area contributed by atoms with Gasteiger partial charge in [0.2, 0.25) is 0 Å². The molecular weight excluding hydrogens is 398 g/mol. The van der Waals surface area contributed by atoms with E-state index in [0.717, 1.165) is 12.3 Å². The molecule has 0 bridgehead atoms. The van der Waals surface area contributed by atoms with Crippen LogP contribution in [-0.4, -0.2) is 34.4 Å². The van der Waals surface area contributed by atoms with E-state index in [9.17, 15) is 17.2 Å². The first-order chi connectivity index (χ1) is 13.8. The maximum Gasteiger partial charge on any atom is 0.183 e. The predicted molar refractivity (Wildman–Crippen MR) is 105 cm³/mol. The SMILES string of the molecule is CCn1cnc2c(-c3ccc(F)c(-c4ccc(S(C)(=O)=O)cc4F)c3)cnnc21. The van der Waals surface area contributed by atoms with Gasteiger partial charge in [-0.25, -0.2) is 22.2 Å². The number of benzene rings is 2. The van der Waals surface area contributed by atoms with Crippen LogP contribution in [0.25, 0.3) is 33.4 Å². The molecule has 0 aliphatic rings. The number of hydrogen-bond donors (Lipinski definition) is 0. The molecule has 4 rings (SSSR count). The minimum atomic E-state index is -3.57. The average molecular weight is 414 g/mol. The molecule has 0 saturated heterocycles. The van der Waals surface area contributed by atoms with E-state index >= 15 is 0 Å². The van der Waals surface area contributed by atoms with Crippen LogP contribution in [0.4, 0.5) is 8.78 Å². The molecule has 0 amide bonds. The van der Waals surface area contributed by atoms with Gasteiger partial charge in [-0.15, -0.1) is 5.10 Å². The number of aryl methyl sites for hydroxylation is 1. The normalized spacial score (nSPS) is 11.9. The number of aromatic nitrogens is 4. The molecule has 0 saturated carbocycles. The summed E-state index contributed by atoms with van der Waals surface area (Å²) >= 11 is 0. The highest BCUT2D eigenvalue weighted by molar-refractivity contribution is 7.90. The number of sulfone groups is 1. The van der Waals surface area contributed by atoms with E-state index in [4.69, 9.17) is 0 Å². The molecule has 2 heterocycles. The molecule has 0 radical (unpaired) electrons. The van der Waals surface area contributed by atoms with Crippen molar-refractivity contribution >= 4 is 21.0 Å². The molecule has 2 aromatic heterocycles. The fraction of sp³-hybridized carbons (Fsp3) is 0.150. The summed E-state index contributed by atoms with van der Waals surface area (Å²) in [6.07, 6.45) is 4.16. The highest BCUT2D eigenvalue weighted by atomic mass is 32.2. The molecule has 0 aliphatic carbocycles. The van der Waals surface area contributed by atoms with Crippen LogP contribution in [0, 0.1) is 11.6 Å². The van der Waals surface area contributed by atoms with Gasteiger partial charge in [-0.2, -0.15) is 5.10 Å². The monoisotopic (exact) mass is 414 g/mol. The minimum Gasteiger partial charge on any atom is -0.314 e. The third-order valence-corrected chi connectivity index (χ3v) is 5.79. The number of hydrogen-bond acceptors (Lipinski definition) is 5. The summed E-state index contributed by atoms with van der Waals surface area (Å²) in [5, 5.41) is 8.11. The largest absolute Gasteiger partial charge is 0.314 e. The molecule has 2 aromatic carbocycles. The summed E-state index contributed by atoms with van der Waals surface area (Å²) in [5.74, 6) is -1.45. The third kappa shape index (κ3) is 3.38. The van der Waals surface area contributed by atoms with E-state index in [2.05, 4.69) is 15.2 Å². The smallest absolute Gasteiger partial charge is 0.183 e. The molecule has 0 aliphatic heterocycles. The minimum absolute atomic E-state index is 0.0138. The van der Waals surface area contributed by atoms with Crippen molar-refractivity contribution < 1.29 is 17.2 Å². The molecule has 6 nitrogen and oxygen atoms in total. The number of rotatable bonds is 4. The lowest BCUT2D eigenvalue weighted by atomic mass is 9.98. The Morgan fingerprint density at radius 2 is 1.79 bits per heavy atom. The quantitative estimate of drug-likeness (QED) is 0.507. The number of fused-ring (bicyclic) bond motifs is 1. The molecule has 0 spiro atoms. The van der Waals surface area contributed by atoms with Gasteiger partial charge < -0.3 is 4.57 Å². The average Bonchev–Trinajstić information content (AvgIpc) is 3.11. The summed E-state index contributed by atoms with van der Waals surface area (Å²) < 4.78 is 54.2. The Balaban J connectivity index is 1.88. The molecule has 0 N–H and O–H groups in total. The lowest BCUT2D eigenvalue weighted by molar-refractivity contribution is 0.595. The maximum absolute atomic E-state index is 14.6. The van der Waals surface area contributed by atoms with Gasteiger partial charge in [-0.3, -0.25) is 0 Å². The number of nitrogens with zero attached hydrogens (tertiary/aromatic N) is 4. The fourth-order valence-corrected chi connectivity index (χ4v) is 3.79. The summed E-state index contributed by atoms with van der Waals surface area (Å²) in [4.78, 5) is 4.21. The molecule has 4 aromatic rings. The van der Waals surface area contributed by atoms with Crippen molar-refractivity contribution in [3.63, 3.8) is 0 Å². The van der Waals surface area contributed by atoms with E-state index in [1.165, 1.54) is 30.5 Å². The first-order valence-electron chi connectivity index (χ1n) is 8.76. The van der Waals surface area contributed by atoms with Crippen molar-refractivity contribution in [2.75, 3.05) is 6.26 Å². The van der Waals surface area contributed by atoms with Crippen LogP contribution >= 0.6 is 0 Å². The second-order valence-electron chi connectivity index (χ2n) is 6.57. The van der Waals surface area contributed by atoms with E-state index < -0.39 is 21.5 Å². The zero-order valence-electron chi connectivity index (χ0n) is 15.6. The van der Waals surface area contributed by atoms with E-state index in [0.29, 0.717) is 28.8 Å². The van der Waals surface area contributed by atoms with Gasteiger partial charge in [0.1, 0.15) is 17.2 Å². The first-order valence-corrected chi connectivity index (χ1v) is 10.6. The lowest BCUT2D eigenvalue weighted by Gasteiger charge is -2.10. The van der Waals surface area contributed by atoms with Crippen molar-refractivity contribution in [3.8, 4) is 22.3 Å². The van der Waals surface area contributed by atoms with Gasteiger partial charge in [0.25, 0.3) is 0 Å². The zero-order chi connectivity index (χ0) is 20.8. The van der Waals surface area contributed by atoms with Crippen LogP contribution in [0.1, 0.15) is 6.92 Å². The molecule has 0 fully saturated rings. The standard InChI is InChI=1S/C20H16F2N4O2S/c1-3-26-11-23-19-16(10-24-25-20(19)26)12-4-7-17(21)15(8-12)14-6-5-13(9-18(14)22)29(2,27)28/h4-11H,3H2,1-2H3. The van der Waals surface area contributed by atoms with Gasteiger partial charge in [-0.05, 0) is 36.8 Å². The Morgan fingerprint density at radius 1 is 1.00 bits per heavy atom. The Labute approximate surface area is 165 Å². The Bertz CT molecular complexity index is 1350. The predicted octanol–water partition coefficient (Wildman–Crippen LogP) is 3.86. The van der Waals surface area contributed by atoms with Gasteiger partial charge in [0.05, 0.1) is 17.4 Å². The summed E-state index contributed by atoms with van der Waals surface area (Å²) in [6, 6.07) is 7.71.